The molecule has 0 N–H and O–H groups in total. The molecule has 0 aliphatic carbocycles. The normalized spacial score (nSPS) is 19.3. The van der Waals surface area contributed by atoms with Crippen LogP contribution in [0.2, 0.25) is 0 Å². The average Bonchev–Trinajstić information content (AvgIpc) is 2.76. The molecule has 0 radical (unpaired) electrons. The van der Waals surface area contributed by atoms with Crippen LogP contribution in [-0.4, -0.2) is 24.8 Å². The van der Waals surface area contributed by atoms with Crippen LogP contribution in [0.4, 0.5) is 13.2 Å². The Morgan fingerprint density at radius 3 is 2.72 bits per heavy atom. The molecule has 1 heterocycles. The van der Waals surface area contributed by atoms with E-state index in [-0.39, 0.29) is 18.0 Å². The minimum Gasteiger partial charge on any atom is -0.464 e. The number of carbonyl (C=O) groups excluding carboxylic acids is 1. The van der Waals surface area contributed by atoms with Crippen LogP contribution in [0.15, 0.2) is 27.7 Å². The Hall–Kier alpha value is -1.37. The van der Waals surface area contributed by atoms with E-state index < -0.39 is 17.8 Å². The predicted molar refractivity (Wildman–Crippen MR) is 61.5 cm³/mol. The van der Waals surface area contributed by atoms with Gasteiger partial charge in [0.05, 0.1) is 12.1 Å². The summed E-state index contributed by atoms with van der Waals surface area (Å²) >= 11 is 2.99. The molecule has 1 aromatic carbocycles. The van der Waals surface area contributed by atoms with Gasteiger partial charge >= 0.3 is 6.18 Å². The Morgan fingerprint density at radius 1 is 1.44 bits per heavy atom. The van der Waals surface area contributed by atoms with E-state index >= 15 is 0 Å². The molecule has 2 rings (SSSR count). The van der Waals surface area contributed by atoms with Crippen LogP contribution in [0.25, 0.3) is 0 Å². The third-order valence-electron chi connectivity index (χ3n) is 2.35. The van der Waals surface area contributed by atoms with Crippen molar-refractivity contribution in [1.82, 2.24) is 0 Å². The number of rotatable bonds is 2. The smallest absolute Gasteiger partial charge is 0.417 e. The molecule has 3 nitrogen and oxygen atoms in total. The van der Waals surface area contributed by atoms with Gasteiger partial charge in [-0.3, -0.25) is 4.79 Å². The van der Waals surface area contributed by atoms with Crippen LogP contribution < -0.4 is 0 Å². The fourth-order valence-corrected chi connectivity index (χ4v) is 1.91. The lowest BCUT2D eigenvalue weighted by molar-refractivity contribution is -0.137. The first-order chi connectivity index (χ1) is 8.41. The van der Waals surface area contributed by atoms with Gasteiger partial charge in [-0.05, 0) is 18.2 Å². The fourth-order valence-electron chi connectivity index (χ4n) is 1.55. The highest BCUT2D eigenvalue weighted by molar-refractivity contribution is 9.10. The molecule has 7 heteroatoms. The van der Waals surface area contributed by atoms with Gasteiger partial charge in [-0.1, -0.05) is 15.9 Å². The highest BCUT2D eigenvalue weighted by Gasteiger charge is 2.36. The van der Waals surface area contributed by atoms with Gasteiger partial charge in [0.1, 0.15) is 0 Å². The largest absolute Gasteiger partial charge is 0.464 e. The van der Waals surface area contributed by atoms with Crippen LogP contribution in [0, 0.1) is 0 Å². The van der Waals surface area contributed by atoms with Crippen molar-refractivity contribution >= 4 is 28.1 Å². The quantitative estimate of drug-likeness (QED) is 0.786. The van der Waals surface area contributed by atoms with E-state index in [1.807, 2.05) is 0 Å². The predicted octanol–water partition coefficient (Wildman–Crippen LogP) is 2.81. The molecule has 0 saturated heterocycles. The summed E-state index contributed by atoms with van der Waals surface area (Å²) in [7, 11) is 0. The second-order valence-electron chi connectivity index (χ2n) is 3.63. The van der Waals surface area contributed by atoms with Gasteiger partial charge in [0.25, 0.3) is 0 Å². The molecule has 0 spiro atoms. The highest BCUT2D eigenvalue weighted by Crippen LogP contribution is 2.34. The van der Waals surface area contributed by atoms with E-state index in [1.165, 1.54) is 12.1 Å². The molecule has 0 fully saturated rings. The summed E-state index contributed by atoms with van der Waals surface area (Å²) in [5.74, 6) is -0.146. The van der Waals surface area contributed by atoms with E-state index in [0.29, 0.717) is 10.8 Å². The molecule has 0 amide bonds. The maximum atomic E-state index is 12.9. The zero-order valence-electron chi connectivity index (χ0n) is 8.87. The molecule has 18 heavy (non-hydrogen) atoms. The zero-order valence-corrected chi connectivity index (χ0v) is 10.5. The highest BCUT2D eigenvalue weighted by atomic mass is 79.9. The first-order valence-corrected chi connectivity index (χ1v) is 5.74. The molecule has 1 aliphatic rings. The van der Waals surface area contributed by atoms with Crippen molar-refractivity contribution in [1.29, 1.82) is 0 Å². The first kappa shape index (κ1) is 13.1. The summed E-state index contributed by atoms with van der Waals surface area (Å²) in [6.45, 7) is 0.0478. The van der Waals surface area contributed by atoms with Crippen molar-refractivity contribution in [3.05, 3.63) is 33.8 Å². The number of aldehydes is 1. The number of carbonyl (C=O) groups is 1. The van der Waals surface area contributed by atoms with E-state index in [1.54, 1.807) is 0 Å². The number of benzene rings is 1. The number of nitrogens with zero attached hydrogens (tertiary/aromatic N) is 1. The summed E-state index contributed by atoms with van der Waals surface area (Å²) in [4.78, 5) is 14.3. The van der Waals surface area contributed by atoms with Crippen molar-refractivity contribution in [2.75, 3.05) is 6.54 Å². The average molecular weight is 322 g/mol. The maximum absolute atomic E-state index is 12.9. The van der Waals surface area contributed by atoms with E-state index in [0.717, 1.165) is 6.07 Å². The topological polar surface area (TPSA) is 38.7 Å². The van der Waals surface area contributed by atoms with Crippen LogP contribution in [0.5, 0.6) is 0 Å². The Balaban J connectivity index is 2.43. The number of aliphatic imine (C=N–C) groups is 1. The summed E-state index contributed by atoms with van der Waals surface area (Å²) < 4.78 is 43.9. The molecule has 1 unspecified atom stereocenters. The summed E-state index contributed by atoms with van der Waals surface area (Å²) in [5, 5.41) is 0. The van der Waals surface area contributed by atoms with Crippen LogP contribution >= 0.6 is 15.9 Å². The van der Waals surface area contributed by atoms with Crippen LogP contribution in [-0.2, 0) is 15.7 Å². The minimum absolute atomic E-state index is 0.0478. The van der Waals surface area contributed by atoms with E-state index in [2.05, 4.69) is 20.9 Å². The monoisotopic (exact) mass is 321 g/mol. The maximum Gasteiger partial charge on any atom is 0.417 e. The Kier molecular flexibility index (Phi) is 3.43. The molecule has 1 aliphatic heterocycles. The Labute approximate surface area is 109 Å². The van der Waals surface area contributed by atoms with Gasteiger partial charge in [-0.25, -0.2) is 4.99 Å². The number of ether oxygens (including phenoxy) is 1. The van der Waals surface area contributed by atoms with Crippen molar-refractivity contribution in [2.24, 2.45) is 4.99 Å². The molecule has 0 saturated carbocycles. The van der Waals surface area contributed by atoms with Crippen molar-refractivity contribution in [3.8, 4) is 0 Å². The van der Waals surface area contributed by atoms with Crippen molar-refractivity contribution < 1.29 is 22.7 Å². The van der Waals surface area contributed by atoms with E-state index in [4.69, 9.17) is 4.74 Å². The van der Waals surface area contributed by atoms with Gasteiger partial charge in [0, 0.05) is 10.0 Å². The second kappa shape index (κ2) is 4.72. The van der Waals surface area contributed by atoms with Gasteiger partial charge < -0.3 is 4.74 Å². The van der Waals surface area contributed by atoms with Crippen LogP contribution in [0.3, 0.4) is 0 Å². The third-order valence-corrected chi connectivity index (χ3v) is 2.84. The standard InChI is InChI=1S/C11H7BrF3NO2/c12-6-1-2-8(9(3-6)11(13,14)15)10-16-4-7(5-17)18-10/h1-3,5,7H,4H2. The minimum atomic E-state index is -4.51. The molecular formula is C11H7BrF3NO2. The van der Waals surface area contributed by atoms with Gasteiger partial charge in [-0.2, -0.15) is 13.2 Å². The lowest BCUT2D eigenvalue weighted by Gasteiger charge is -2.13. The molecule has 0 aromatic heterocycles. The summed E-state index contributed by atoms with van der Waals surface area (Å²) in [6.07, 6.45) is -4.79. The molecule has 1 aromatic rings. The van der Waals surface area contributed by atoms with Gasteiger partial charge in [-0.15, -0.1) is 0 Å². The van der Waals surface area contributed by atoms with Gasteiger partial charge in [0.2, 0.25) is 5.90 Å². The molecule has 1 atom stereocenters. The Morgan fingerprint density at radius 2 is 2.17 bits per heavy atom. The second-order valence-corrected chi connectivity index (χ2v) is 4.54. The number of halogens is 4. The Bertz CT molecular complexity index is 514. The summed E-state index contributed by atoms with van der Waals surface area (Å²) in [5.41, 5.74) is -1.00. The summed E-state index contributed by atoms with van der Waals surface area (Å²) in [6, 6.07) is 3.68. The number of hydrogen-bond donors (Lipinski definition) is 0. The van der Waals surface area contributed by atoms with Crippen molar-refractivity contribution in [2.45, 2.75) is 12.3 Å². The lowest BCUT2D eigenvalue weighted by atomic mass is 10.1. The molecule has 0 bridgehead atoms. The number of hydrogen-bond acceptors (Lipinski definition) is 3. The SMILES string of the molecule is O=CC1CN=C(c2ccc(Br)cc2C(F)(F)F)O1. The third kappa shape index (κ3) is 2.55. The number of alkyl halides is 3. The zero-order chi connectivity index (χ0) is 13.3. The first-order valence-electron chi connectivity index (χ1n) is 4.95. The fraction of sp³-hybridized carbons (Fsp3) is 0.273. The van der Waals surface area contributed by atoms with Gasteiger partial charge in [0.15, 0.2) is 12.4 Å². The van der Waals surface area contributed by atoms with Crippen LogP contribution in [0.1, 0.15) is 11.1 Å². The molecule has 96 valence electrons. The molecular weight excluding hydrogens is 315 g/mol. The van der Waals surface area contributed by atoms with E-state index in [9.17, 15) is 18.0 Å². The van der Waals surface area contributed by atoms with Crippen molar-refractivity contribution in [3.63, 3.8) is 0 Å². The lowest BCUT2D eigenvalue weighted by Crippen LogP contribution is -2.18.